The Balaban J connectivity index is 3.33. The van der Waals surface area contributed by atoms with Gasteiger partial charge in [0, 0.05) is 9.94 Å². The largest absolute Gasteiger partial charge is 0.491 e. The molecule has 0 unspecified atom stereocenters. The van der Waals surface area contributed by atoms with Crippen LogP contribution in [0.5, 0.6) is 0 Å². The Labute approximate surface area is 88.4 Å². The van der Waals surface area contributed by atoms with E-state index < -0.39 is 7.12 Å². The second-order valence-corrected chi connectivity index (χ2v) is 3.77. The monoisotopic (exact) mass is 268 g/mol. The molecule has 0 heterocycles. The van der Waals surface area contributed by atoms with Gasteiger partial charge in [-0.05, 0) is 12.1 Å². The van der Waals surface area contributed by atoms with Crippen molar-refractivity contribution >= 4 is 51.7 Å². The molecule has 2 N–H and O–H groups in total. The fourth-order valence-corrected chi connectivity index (χ4v) is 1.86. The van der Waals surface area contributed by atoms with E-state index >= 15 is 0 Å². The van der Waals surface area contributed by atoms with Gasteiger partial charge < -0.3 is 10.0 Å². The summed E-state index contributed by atoms with van der Waals surface area (Å²) >= 11 is 14.5. The molecule has 0 bridgehead atoms. The second kappa shape index (κ2) is 3.98. The van der Waals surface area contributed by atoms with Crippen LogP contribution in [-0.4, -0.2) is 17.2 Å². The van der Waals surface area contributed by atoms with Gasteiger partial charge in [0.05, 0.1) is 10.0 Å². The van der Waals surface area contributed by atoms with E-state index in [1.165, 1.54) is 0 Å². The van der Waals surface area contributed by atoms with Crippen LogP contribution in [0, 0.1) is 0 Å². The Morgan fingerprint density at radius 1 is 1.25 bits per heavy atom. The van der Waals surface area contributed by atoms with Gasteiger partial charge in [-0.2, -0.15) is 0 Å². The lowest BCUT2D eigenvalue weighted by Gasteiger charge is -2.06. The highest BCUT2D eigenvalue weighted by Gasteiger charge is 2.20. The topological polar surface area (TPSA) is 40.5 Å². The molecule has 12 heavy (non-hydrogen) atoms. The highest BCUT2D eigenvalue weighted by molar-refractivity contribution is 9.10. The molecular weight excluding hydrogens is 266 g/mol. The summed E-state index contributed by atoms with van der Waals surface area (Å²) in [7, 11) is -1.62. The van der Waals surface area contributed by atoms with Crippen LogP contribution in [0.3, 0.4) is 0 Å². The highest BCUT2D eigenvalue weighted by Crippen LogP contribution is 2.23. The van der Waals surface area contributed by atoms with Crippen LogP contribution in [0.15, 0.2) is 16.6 Å². The molecular formula is C6H4BBrCl2O2. The van der Waals surface area contributed by atoms with Crippen molar-refractivity contribution in [3.05, 3.63) is 26.7 Å². The second-order valence-electron chi connectivity index (χ2n) is 2.13. The maximum atomic E-state index is 8.89. The predicted octanol–water partition coefficient (Wildman–Crippen LogP) is 1.44. The van der Waals surface area contributed by atoms with Crippen LogP contribution in [0.25, 0.3) is 0 Å². The van der Waals surface area contributed by atoms with Crippen LogP contribution >= 0.6 is 39.1 Å². The zero-order valence-electron chi connectivity index (χ0n) is 5.76. The highest BCUT2D eigenvalue weighted by atomic mass is 79.9. The van der Waals surface area contributed by atoms with Crippen molar-refractivity contribution in [1.82, 2.24) is 0 Å². The van der Waals surface area contributed by atoms with E-state index in [0.717, 1.165) is 0 Å². The van der Waals surface area contributed by atoms with Crippen LogP contribution < -0.4 is 5.46 Å². The van der Waals surface area contributed by atoms with Crippen LogP contribution in [0.2, 0.25) is 10.0 Å². The average Bonchev–Trinajstić information content (AvgIpc) is 1.97. The fourth-order valence-electron chi connectivity index (χ4n) is 0.779. The number of halogens is 3. The zero-order valence-corrected chi connectivity index (χ0v) is 8.86. The summed E-state index contributed by atoms with van der Waals surface area (Å²) in [4.78, 5) is 0. The predicted molar refractivity (Wildman–Crippen MR) is 54.0 cm³/mol. The SMILES string of the molecule is OB(O)c1c(Br)ccc(Cl)c1Cl. The van der Waals surface area contributed by atoms with Crippen molar-refractivity contribution in [2.75, 3.05) is 0 Å². The molecule has 1 aromatic rings. The smallest absolute Gasteiger partial charge is 0.423 e. The Kier molecular flexibility index (Phi) is 3.43. The quantitative estimate of drug-likeness (QED) is 0.598. The van der Waals surface area contributed by atoms with Crippen LogP contribution in [-0.2, 0) is 0 Å². The minimum Gasteiger partial charge on any atom is -0.423 e. The molecule has 0 spiro atoms. The van der Waals surface area contributed by atoms with Gasteiger partial charge in [0.2, 0.25) is 0 Å². The van der Waals surface area contributed by atoms with E-state index in [1.807, 2.05) is 0 Å². The van der Waals surface area contributed by atoms with E-state index in [2.05, 4.69) is 15.9 Å². The minimum atomic E-state index is -1.62. The van der Waals surface area contributed by atoms with Crippen molar-refractivity contribution in [1.29, 1.82) is 0 Å². The first-order chi connectivity index (χ1) is 5.54. The molecule has 0 saturated heterocycles. The first-order valence-corrected chi connectivity index (χ1v) is 4.58. The number of hydrogen-bond acceptors (Lipinski definition) is 2. The normalized spacial score (nSPS) is 10.1. The standard InChI is InChI=1S/C6H4BBrCl2O2/c8-3-1-2-4(9)6(10)5(3)7(11)12/h1-2,11-12H. The molecule has 6 heteroatoms. The third kappa shape index (κ3) is 1.95. The van der Waals surface area contributed by atoms with E-state index in [-0.39, 0.29) is 10.5 Å². The van der Waals surface area contributed by atoms with E-state index in [0.29, 0.717) is 9.50 Å². The first kappa shape index (κ1) is 10.3. The van der Waals surface area contributed by atoms with Gasteiger partial charge in [-0.1, -0.05) is 39.1 Å². The molecule has 0 aromatic heterocycles. The maximum Gasteiger partial charge on any atom is 0.491 e. The van der Waals surface area contributed by atoms with Crippen molar-refractivity contribution in [3.63, 3.8) is 0 Å². The summed E-state index contributed by atoms with van der Waals surface area (Å²) in [5.74, 6) is 0. The molecule has 1 rings (SSSR count). The summed E-state index contributed by atoms with van der Waals surface area (Å²) in [5.41, 5.74) is 0.184. The lowest BCUT2D eigenvalue weighted by molar-refractivity contribution is 0.425. The Bertz CT molecular complexity index is 306. The van der Waals surface area contributed by atoms with Crippen LogP contribution in [0.4, 0.5) is 0 Å². The van der Waals surface area contributed by atoms with Gasteiger partial charge in [0.15, 0.2) is 0 Å². The number of hydrogen-bond donors (Lipinski definition) is 2. The maximum absolute atomic E-state index is 8.89. The van der Waals surface area contributed by atoms with Crippen LogP contribution in [0.1, 0.15) is 0 Å². The fraction of sp³-hybridized carbons (Fsp3) is 0. The van der Waals surface area contributed by atoms with Gasteiger partial charge >= 0.3 is 7.12 Å². The number of rotatable bonds is 1. The summed E-state index contributed by atoms with van der Waals surface area (Å²) in [6, 6.07) is 3.17. The van der Waals surface area contributed by atoms with Gasteiger partial charge in [-0.15, -0.1) is 0 Å². The molecule has 0 aliphatic rings. The molecule has 1 aromatic carbocycles. The molecule has 0 saturated carbocycles. The van der Waals surface area contributed by atoms with Crippen molar-refractivity contribution < 1.29 is 10.0 Å². The Hall–Kier alpha value is 0.265. The first-order valence-electron chi connectivity index (χ1n) is 3.03. The summed E-state index contributed by atoms with van der Waals surface area (Å²) in [6.07, 6.45) is 0. The molecule has 0 aliphatic carbocycles. The minimum absolute atomic E-state index is 0.154. The summed E-state index contributed by atoms with van der Waals surface area (Å²) in [5, 5.41) is 18.2. The molecule has 64 valence electrons. The molecule has 0 fully saturated rings. The molecule has 0 aliphatic heterocycles. The third-order valence-corrected chi connectivity index (χ3v) is 2.85. The third-order valence-electron chi connectivity index (χ3n) is 1.34. The molecule has 2 nitrogen and oxygen atoms in total. The van der Waals surface area contributed by atoms with Crippen molar-refractivity contribution in [3.8, 4) is 0 Å². The Morgan fingerprint density at radius 2 is 1.83 bits per heavy atom. The Morgan fingerprint density at radius 3 is 2.25 bits per heavy atom. The van der Waals surface area contributed by atoms with Gasteiger partial charge in [0.1, 0.15) is 0 Å². The lowest BCUT2D eigenvalue weighted by Crippen LogP contribution is -2.32. The van der Waals surface area contributed by atoms with Gasteiger partial charge in [0.25, 0.3) is 0 Å². The molecule has 0 atom stereocenters. The van der Waals surface area contributed by atoms with Crippen molar-refractivity contribution in [2.24, 2.45) is 0 Å². The van der Waals surface area contributed by atoms with Gasteiger partial charge in [-0.3, -0.25) is 0 Å². The zero-order chi connectivity index (χ0) is 9.30. The van der Waals surface area contributed by atoms with Crippen molar-refractivity contribution in [2.45, 2.75) is 0 Å². The molecule has 0 amide bonds. The molecule has 0 radical (unpaired) electrons. The summed E-state index contributed by atoms with van der Waals surface area (Å²) in [6.45, 7) is 0. The van der Waals surface area contributed by atoms with Gasteiger partial charge in [-0.25, -0.2) is 0 Å². The number of benzene rings is 1. The summed E-state index contributed by atoms with van der Waals surface area (Å²) < 4.78 is 0.520. The average molecular weight is 270 g/mol. The van der Waals surface area contributed by atoms with E-state index in [1.54, 1.807) is 12.1 Å². The van der Waals surface area contributed by atoms with E-state index in [4.69, 9.17) is 33.2 Å². The van der Waals surface area contributed by atoms with E-state index in [9.17, 15) is 0 Å². The lowest BCUT2D eigenvalue weighted by atomic mass is 9.80.